The van der Waals surface area contributed by atoms with Crippen molar-refractivity contribution in [1.82, 2.24) is 0 Å². The van der Waals surface area contributed by atoms with Gasteiger partial charge in [0.25, 0.3) is 0 Å². The van der Waals surface area contributed by atoms with Gasteiger partial charge in [-0.2, -0.15) is 0 Å². The summed E-state index contributed by atoms with van der Waals surface area (Å²) in [7, 11) is 0. The monoisotopic (exact) mass is 384 g/mol. The quantitative estimate of drug-likeness (QED) is 0.366. The van der Waals surface area contributed by atoms with E-state index in [0.29, 0.717) is 0 Å². The predicted octanol–water partition coefficient (Wildman–Crippen LogP) is 5.12. The highest BCUT2D eigenvalue weighted by atomic mass is 32.1. The molecule has 4 aromatic carbocycles. The van der Waals surface area contributed by atoms with Gasteiger partial charge in [-0.05, 0) is 40.2 Å². The van der Waals surface area contributed by atoms with Crippen molar-refractivity contribution in [2.75, 3.05) is 0 Å². The smallest absolute Gasteiger partial charge is 0.0113 e. The van der Waals surface area contributed by atoms with Gasteiger partial charge in [-0.3, -0.25) is 0 Å². The summed E-state index contributed by atoms with van der Waals surface area (Å²) < 4.78 is 0. The first kappa shape index (κ1) is 17.9. The molecular weight excluding hydrogens is 363 g/mol. The molecule has 0 atom stereocenters. The number of rotatable bonds is 4. The molecule has 0 nitrogen and oxygen atoms in total. The van der Waals surface area contributed by atoms with Gasteiger partial charge in [-0.25, -0.2) is 0 Å². The van der Waals surface area contributed by atoms with Gasteiger partial charge in [-0.15, -0.1) is 12.6 Å². The van der Waals surface area contributed by atoms with E-state index in [9.17, 15) is 0 Å². The van der Waals surface area contributed by atoms with E-state index in [1.807, 2.05) is 6.07 Å². The normalized spacial score (nSPS) is 11.1. The fraction of sp³-hybridized carbons (Fsp3) is 0. The Morgan fingerprint density at radius 2 is 0.852 bits per heavy atom. The molecule has 4 aromatic rings. The first-order valence-electron chi connectivity index (χ1n) is 9.00. The van der Waals surface area contributed by atoms with Crippen LogP contribution in [-0.2, 0) is 0 Å². The molecule has 0 aromatic heterocycles. The second-order valence-electron chi connectivity index (χ2n) is 6.42. The Hall–Kier alpha value is -2.47. The van der Waals surface area contributed by atoms with Gasteiger partial charge < -0.3 is 0 Å². The third-order valence-corrected chi connectivity index (χ3v) is 9.17. The van der Waals surface area contributed by atoms with Crippen LogP contribution in [-0.4, -0.2) is 5.80 Å². The van der Waals surface area contributed by atoms with Crippen molar-refractivity contribution in [3.63, 3.8) is 0 Å². The van der Waals surface area contributed by atoms with Crippen molar-refractivity contribution >= 4 is 41.2 Å². The van der Waals surface area contributed by atoms with Crippen LogP contribution in [0.3, 0.4) is 0 Å². The Morgan fingerprint density at radius 3 is 1.26 bits per heavy atom. The highest BCUT2D eigenvalue weighted by Crippen LogP contribution is 2.44. The van der Waals surface area contributed by atoms with Crippen molar-refractivity contribution in [2.24, 2.45) is 0 Å². The maximum absolute atomic E-state index is 4.73. The molecule has 0 amide bonds. The van der Waals surface area contributed by atoms with Gasteiger partial charge in [0.15, 0.2) is 0 Å². The molecule has 2 heteroatoms. The van der Waals surface area contributed by atoms with Crippen LogP contribution in [0, 0.1) is 0 Å². The average molecular weight is 384 g/mol. The third kappa shape index (κ3) is 3.54. The van der Waals surface area contributed by atoms with Crippen LogP contribution >= 0.6 is 19.5 Å². The number of hydrogen-bond acceptors (Lipinski definition) is 1. The minimum Gasteiger partial charge on any atom is -0.143 e. The predicted molar refractivity (Wildman–Crippen MR) is 124 cm³/mol. The fourth-order valence-electron chi connectivity index (χ4n) is 3.47. The minimum absolute atomic E-state index is 1.00. The molecule has 0 aliphatic rings. The summed E-state index contributed by atoms with van der Waals surface area (Å²) in [6, 6.07) is 40.9. The Balaban J connectivity index is 2.15. The lowest BCUT2D eigenvalue weighted by Gasteiger charge is -2.29. The van der Waals surface area contributed by atoms with Gasteiger partial charge in [0.05, 0.1) is 0 Å². The molecular formula is C25H21PS. The second-order valence-corrected chi connectivity index (χ2v) is 10.2. The minimum atomic E-state index is -1.98. The lowest BCUT2D eigenvalue weighted by atomic mass is 10.2. The molecule has 0 aliphatic carbocycles. The summed E-state index contributed by atoms with van der Waals surface area (Å²) in [6.07, 6.45) is 0. The van der Waals surface area contributed by atoms with Gasteiger partial charge in [0.2, 0.25) is 0 Å². The van der Waals surface area contributed by atoms with E-state index in [-0.39, 0.29) is 0 Å². The van der Waals surface area contributed by atoms with E-state index < -0.39 is 6.89 Å². The molecule has 0 radical (unpaired) electrons. The van der Waals surface area contributed by atoms with E-state index in [1.54, 1.807) is 0 Å². The van der Waals surface area contributed by atoms with Crippen molar-refractivity contribution < 1.29 is 0 Å². The first-order chi connectivity index (χ1) is 13.3. The largest absolute Gasteiger partial charge is 0.143 e. The average Bonchev–Trinajstić information content (AvgIpc) is 2.75. The Morgan fingerprint density at radius 1 is 0.481 bits per heavy atom. The van der Waals surface area contributed by atoms with Crippen molar-refractivity contribution in [3.05, 3.63) is 121 Å². The van der Waals surface area contributed by atoms with Gasteiger partial charge in [0, 0.05) is 4.90 Å². The third-order valence-electron chi connectivity index (χ3n) is 4.76. The Labute approximate surface area is 166 Å². The zero-order valence-electron chi connectivity index (χ0n) is 14.9. The zero-order valence-corrected chi connectivity index (χ0v) is 16.7. The maximum atomic E-state index is 4.73. The van der Waals surface area contributed by atoms with Crippen LogP contribution in [0.1, 0.15) is 5.56 Å². The van der Waals surface area contributed by atoms with Crippen LogP contribution in [0.5, 0.6) is 0 Å². The van der Waals surface area contributed by atoms with E-state index in [4.69, 9.17) is 12.6 Å². The summed E-state index contributed by atoms with van der Waals surface area (Å²) >= 11 is 4.73. The van der Waals surface area contributed by atoms with E-state index in [0.717, 1.165) is 4.90 Å². The highest BCUT2D eigenvalue weighted by molar-refractivity contribution is 7.94. The summed E-state index contributed by atoms with van der Waals surface area (Å²) in [5.74, 6) is 2.45. The van der Waals surface area contributed by atoms with Crippen LogP contribution in [0.2, 0.25) is 0 Å². The molecule has 0 saturated heterocycles. The van der Waals surface area contributed by atoms with Gasteiger partial charge in [-0.1, -0.05) is 109 Å². The molecule has 0 saturated carbocycles. The van der Waals surface area contributed by atoms with Crippen molar-refractivity contribution in [2.45, 2.75) is 4.90 Å². The van der Waals surface area contributed by atoms with E-state index in [2.05, 4.69) is 115 Å². The topological polar surface area (TPSA) is 0 Å². The molecule has 0 unspecified atom stereocenters. The molecule has 132 valence electrons. The first-order valence-corrected chi connectivity index (χ1v) is 11.3. The molecule has 4 rings (SSSR count). The molecule has 0 spiro atoms. The maximum Gasteiger partial charge on any atom is 0.0113 e. The van der Waals surface area contributed by atoms with Crippen LogP contribution in [0.25, 0.3) is 0 Å². The van der Waals surface area contributed by atoms with E-state index in [1.165, 1.54) is 21.5 Å². The van der Waals surface area contributed by atoms with Crippen molar-refractivity contribution in [1.29, 1.82) is 0 Å². The fourth-order valence-corrected chi connectivity index (χ4v) is 7.70. The molecule has 0 N–H and O–H groups in total. The lowest BCUT2D eigenvalue weighted by Crippen LogP contribution is -2.27. The zero-order chi connectivity index (χ0) is 18.5. The molecule has 0 fully saturated rings. The lowest BCUT2D eigenvalue weighted by molar-refractivity contribution is 1.46. The molecule has 0 heterocycles. The standard InChI is InChI=1S/C25H21PS/c27-25-19-11-10-12-21(25)20-26(22-13-4-1-5-14-22,23-15-6-2-7-16-23)24-17-8-3-9-18-24/h1-20,27H. The van der Waals surface area contributed by atoms with Crippen LogP contribution < -0.4 is 15.9 Å². The molecule has 0 bridgehead atoms. The molecule has 27 heavy (non-hydrogen) atoms. The Bertz CT molecular complexity index is 967. The second kappa shape index (κ2) is 8.05. The van der Waals surface area contributed by atoms with Crippen LogP contribution in [0.15, 0.2) is 120 Å². The van der Waals surface area contributed by atoms with Crippen LogP contribution in [0.4, 0.5) is 0 Å². The number of hydrogen-bond donors (Lipinski definition) is 1. The van der Waals surface area contributed by atoms with Gasteiger partial charge >= 0.3 is 0 Å². The number of benzene rings is 4. The summed E-state index contributed by atoms with van der Waals surface area (Å²) in [6.45, 7) is -1.98. The SMILES string of the molecule is Sc1ccccc1C=P(c1ccccc1)(c1ccccc1)c1ccccc1. The Kier molecular flexibility index (Phi) is 5.34. The highest BCUT2D eigenvalue weighted by Gasteiger charge is 2.25. The molecule has 0 aliphatic heterocycles. The number of thiol groups is 1. The summed E-state index contributed by atoms with van der Waals surface area (Å²) in [5, 5.41) is 4.04. The summed E-state index contributed by atoms with van der Waals surface area (Å²) in [4.78, 5) is 1.00. The van der Waals surface area contributed by atoms with Crippen molar-refractivity contribution in [3.8, 4) is 0 Å². The van der Waals surface area contributed by atoms with Gasteiger partial charge in [0.1, 0.15) is 0 Å². The summed E-state index contributed by atoms with van der Waals surface area (Å²) in [5.41, 5.74) is 1.17. The van der Waals surface area contributed by atoms with E-state index >= 15 is 0 Å².